The largest absolute Gasteiger partial charge is 0.394 e. The Hall–Kier alpha value is -1.41. The number of aliphatic hydroxyl groups is 7. The van der Waals surface area contributed by atoms with Crippen molar-refractivity contribution in [1.82, 2.24) is 5.32 Å². The number of carbonyl (C=O) groups is 1. The van der Waals surface area contributed by atoms with Crippen molar-refractivity contribution in [2.75, 3.05) is 13.2 Å². The summed E-state index contributed by atoms with van der Waals surface area (Å²) >= 11 is 0. The molecule has 1 saturated heterocycles. The number of allylic oxidation sites excluding steroid dienone is 4. The van der Waals surface area contributed by atoms with Crippen LogP contribution in [0.5, 0.6) is 0 Å². The predicted octanol–water partition coefficient (Wildman–Crippen LogP) is 20.7. The van der Waals surface area contributed by atoms with Crippen molar-refractivity contribution >= 4 is 5.91 Å². The van der Waals surface area contributed by atoms with Gasteiger partial charge in [0.25, 0.3) is 0 Å². The van der Waals surface area contributed by atoms with Crippen LogP contribution in [-0.4, -0.2) is 110 Å². The van der Waals surface area contributed by atoms with Gasteiger partial charge in [-0.15, -0.1) is 0 Å². The molecule has 0 aromatic rings. The van der Waals surface area contributed by atoms with E-state index in [0.29, 0.717) is 19.3 Å². The number of unbranched alkanes of at least 4 members (excludes halogenated alkanes) is 56. The predicted molar refractivity (Wildman–Crippen MR) is 386 cm³/mol. The van der Waals surface area contributed by atoms with E-state index < -0.39 is 74.2 Å². The minimum atomic E-state index is -1.66. The fourth-order valence-corrected chi connectivity index (χ4v) is 13.4. The molecule has 91 heavy (non-hydrogen) atoms. The van der Waals surface area contributed by atoms with E-state index in [1.54, 1.807) is 0 Å². The van der Waals surface area contributed by atoms with Crippen LogP contribution < -0.4 is 5.32 Å². The van der Waals surface area contributed by atoms with Crippen LogP contribution in [-0.2, 0) is 14.3 Å². The summed E-state index contributed by atoms with van der Waals surface area (Å²) in [7, 11) is 0. The Kier molecular flexibility index (Phi) is 66.0. The summed E-state index contributed by atoms with van der Waals surface area (Å²) in [6.07, 6.45) is 77.2. The van der Waals surface area contributed by atoms with Gasteiger partial charge in [0.05, 0.1) is 25.4 Å². The highest BCUT2D eigenvalue weighted by Crippen LogP contribution is 2.25. The fraction of sp³-hybridized carbons (Fsp3) is 0.938. The maximum Gasteiger partial charge on any atom is 0.249 e. The number of ether oxygens (including phenoxy) is 2. The quantitative estimate of drug-likeness (QED) is 0.0215. The van der Waals surface area contributed by atoms with E-state index in [2.05, 4.69) is 43.5 Å². The first-order valence-electron chi connectivity index (χ1n) is 40.2. The summed E-state index contributed by atoms with van der Waals surface area (Å²) in [6.45, 7) is 3.53. The topological polar surface area (TPSA) is 189 Å². The average Bonchev–Trinajstić information content (AvgIpc) is 1.05. The molecule has 1 aliphatic rings. The molecule has 8 N–H and O–H groups in total. The van der Waals surface area contributed by atoms with Crippen LogP contribution in [0.2, 0.25) is 0 Å². The highest BCUT2D eigenvalue weighted by atomic mass is 16.7. The number of aliphatic hydroxyl groups excluding tert-OH is 7. The molecule has 9 unspecified atom stereocenters. The van der Waals surface area contributed by atoms with Gasteiger partial charge in [0, 0.05) is 0 Å². The van der Waals surface area contributed by atoms with Gasteiger partial charge >= 0.3 is 0 Å². The van der Waals surface area contributed by atoms with E-state index in [1.807, 2.05) is 0 Å². The van der Waals surface area contributed by atoms with Gasteiger partial charge in [-0.2, -0.15) is 0 Å². The lowest BCUT2D eigenvalue weighted by molar-refractivity contribution is -0.303. The average molecular weight is 1290 g/mol. The Morgan fingerprint density at radius 1 is 0.385 bits per heavy atom. The molecule has 1 aliphatic heterocycles. The summed E-state index contributed by atoms with van der Waals surface area (Å²) in [5, 5.41) is 76.8. The Balaban J connectivity index is 2.12. The number of nitrogens with one attached hydrogen (secondary N) is 1. The molecule has 0 radical (unpaired) electrons. The second-order valence-electron chi connectivity index (χ2n) is 28.5. The number of hydrogen-bond donors (Lipinski definition) is 8. The van der Waals surface area contributed by atoms with Crippen molar-refractivity contribution in [3.63, 3.8) is 0 Å². The monoisotopic (exact) mass is 1290 g/mol. The zero-order valence-electron chi connectivity index (χ0n) is 60.1. The number of rotatable bonds is 72. The lowest BCUT2D eigenvalue weighted by atomic mass is 9.98. The van der Waals surface area contributed by atoms with Crippen LogP contribution in [0, 0.1) is 0 Å². The van der Waals surface area contributed by atoms with Gasteiger partial charge in [0.2, 0.25) is 5.91 Å². The van der Waals surface area contributed by atoms with Gasteiger partial charge < -0.3 is 50.5 Å². The minimum Gasteiger partial charge on any atom is -0.394 e. The smallest absolute Gasteiger partial charge is 0.249 e. The molecule has 9 atom stereocenters. The Morgan fingerprint density at radius 2 is 0.670 bits per heavy atom. The van der Waals surface area contributed by atoms with Crippen molar-refractivity contribution in [2.45, 2.75) is 467 Å². The van der Waals surface area contributed by atoms with Gasteiger partial charge in [-0.25, -0.2) is 0 Å². The first kappa shape index (κ1) is 87.6. The third-order valence-corrected chi connectivity index (χ3v) is 19.8. The zero-order valence-corrected chi connectivity index (χ0v) is 60.1. The van der Waals surface area contributed by atoms with E-state index in [1.165, 1.54) is 327 Å². The molecule has 540 valence electrons. The normalized spacial score (nSPS) is 18.5. The molecule has 0 aromatic carbocycles. The van der Waals surface area contributed by atoms with Crippen LogP contribution in [0.15, 0.2) is 24.3 Å². The molecule has 1 amide bonds. The Labute approximate surface area is 563 Å². The lowest BCUT2D eigenvalue weighted by Gasteiger charge is -2.40. The Bertz CT molecular complexity index is 1530. The molecular weight excluding hydrogens is 1130 g/mol. The van der Waals surface area contributed by atoms with E-state index >= 15 is 0 Å². The highest BCUT2D eigenvalue weighted by Gasteiger charge is 2.44. The van der Waals surface area contributed by atoms with Crippen LogP contribution in [0.1, 0.15) is 412 Å². The van der Waals surface area contributed by atoms with Crippen molar-refractivity contribution in [2.24, 2.45) is 0 Å². The molecule has 1 rings (SSSR count). The maximum atomic E-state index is 13.3. The van der Waals surface area contributed by atoms with Gasteiger partial charge in [-0.3, -0.25) is 4.79 Å². The summed E-state index contributed by atoms with van der Waals surface area (Å²) in [6, 6.07) is -1.17. The van der Waals surface area contributed by atoms with Crippen molar-refractivity contribution in [3.8, 4) is 0 Å². The molecule has 1 heterocycles. The van der Waals surface area contributed by atoms with Crippen LogP contribution in [0.3, 0.4) is 0 Å². The van der Waals surface area contributed by atoms with E-state index in [-0.39, 0.29) is 6.42 Å². The van der Waals surface area contributed by atoms with Crippen LogP contribution in [0.25, 0.3) is 0 Å². The van der Waals surface area contributed by atoms with E-state index in [9.17, 15) is 40.5 Å². The van der Waals surface area contributed by atoms with Crippen molar-refractivity contribution < 1.29 is 50.0 Å². The number of carbonyl (C=O) groups excluding carboxylic acids is 1. The van der Waals surface area contributed by atoms with Gasteiger partial charge in [0.1, 0.15) is 36.6 Å². The lowest BCUT2D eigenvalue weighted by Crippen LogP contribution is -2.60. The number of hydrogen-bond acceptors (Lipinski definition) is 10. The summed E-state index contributed by atoms with van der Waals surface area (Å²) in [4.78, 5) is 13.3. The summed E-state index contributed by atoms with van der Waals surface area (Å²) in [5.74, 6) is -0.689. The zero-order chi connectivity index (χ0) is 66.0. The molecule has 0 spiro atoms. The molecule has 0 bridgehead atoms. The van der Waals surface area contributed by atoms with E-state index in [0.717, 1.165) is 44.9 Å². The van der Waals surface area contributed by atoms with Crippen LogP contribution >= 0.6 is 0 Å². The molecule has 0 saturated carbocycles. The molecule has 11 nitrogen and oxygen atoms in total. The molecule has 11 heteroatoms. The minimum absolute atomic E-state index is 0.263. The third kappa shape index (κ3) is 55.3. The summed E-state index contributed by atoms with van der Waals surface area (Å²) in [5.41, 5.74) is 0. The first-order chi connectivity index (χ1) is 44.7. The second kappa shape index (κ2) is 68.5. The molecule has 0 aliphatic carbocycles. The first-order valence-corrected chi connectivity index (χ1v) is 40.2. The molecular formula is C80H155NO10. The van der Waals surface area contributed by atoms with Crippen molar-refractivity contribution in [3.05, 3.63) is 24.3 Å². The van der Waals surface area contributed by atoms with Crippen LogP contribution in [0.4, 0.5) is 0 Å². The van der Waals surface area contributed by atoms with Gasteiger partial charge in [0.15, 0.2) is 6.29 Å². The second-order valence-corrected chi connectivity index (χ2v) is 28.5. The van der Waals surface area contributed by atoms with Crippen molar-refractivity contribution in [1.29, 1.82) is 0 Å². The van der Waals surface area contributed by atoms with Gasteiger partial charge in [-0.1, -0.05) is 391 Å². The summed E-state index contributed by atoms with van der Waals surface area (Å²) < 4.78 is 11.2. The molecule has 0 aromatic heterocycles. The highest BCUT2D eigenvalue weighted by molar-refractivity contribution is 5.80. The maximum absolute atomic E-state index is 13.3. The number of amides is 1. The Morgan fingerprint density at radius 3 is 0.978 bits per heavy atom. The SMILES string of the molecule is CCCCCCCCCCCCCCC/C=C\C/C=C\CCCCCCCCCCCCCCCCCCC(O)C(=O)NC(COC1OC(CO)C(O)C(O)C1O)C(O)C(O)CCCCCCCCCCCCCCCCCCCCCCCCCCCCCC. The fourth-order valence-electron chi connectivity index (χ4n) is 13.4. The molecule has 1 fully saturated rings. The third-order valence-electron chi connectivity index (χ3n) is 19.8. The van der Waals surface area contributed by atoms with E-state index in [4.69, 9.17) is 9.47 Å². The van der Waals surface area contributed by atoms with Gasteiger partial charge in [-0.05, 0) is 44.9 Å². The standard InChI is InChI=1S/C80H155NO10/c1-3-5-7-9-11-13-15-17-19-21-23-25-27-29-31-33-34-35-36-37-38-39-40-42-44-46-48-50-52-54-56-58-60-62-64-66-68-73(84)79(89)81-71(70-90-80-78(88)77(87)76(86)74(69-82)91-80)75(85)72(83)67-65-63-61-59-57-55-53-51-49-47-45-43-41-32-30-28-26-24-22-20-18-16-14-12-10-8-6-4-2/h31,33,35-36,71-78,80,82-88H,3-30,32,34,37-70H2,1-2H3,(H,81,89)/b33-31-,36-35-.